The van der Waals surface area contributed by atoms with Crippen LogP contribution >= 0.6 is 27.3 Å². The quantitative estimate of drug-likeness (QED) is 0.290. The van der Waals surface area contributed by atoms with Crippen LogP contribution in [0.25, 0.3) is 0 Å². The first-order valence-electron chi connectivity index (χ1n) is 11.5. The summed E-state index contributed by atoms with van der Waals surface area (Å²) in [7, 11) is 1.57. The Morgan fingerprint density at radius 2 is 2.09 bits per heavy atom. The van der Waals surface area contributed by atoms with Gasteiger partial charge in [-0.05, 0) is 87.5 Å². The number of nitriles is 1. The number of benzene rings is 2. The standard InChI is InChI=1S/C28H28BrFN2O2S/c1-28(2,3)19-8-9-21-22(14-31)27(35-25(21)13-19)32-15-18-11-23(29)26(24(12-18)33-4)34-16-17-6-5-7-20(30)10-17/h5-7,10-12,15,19H,8-9,13,16H2,1-4H3/t19-/m1/s1. The molecule has 0 N–H and O–H groups in total. The molecule has 0 unspecified atom stereocenters. The molecule has 0 bridgehead atoms. The molecule has 3 aromatic rings. The van der Waals surface area contributed by atoms with Gasteiger partial charge in [-0.2, -0.15) is 5.26 Å². The Kier molecular flexibility index (Phi) is 7.63. The van der Waals surface area contributed by atoms with Crippen molar-refractivity contribution in [1.82, 2.24) is 0 Å². The molecule has 0 saturated carbocycles. The summed E-state index contributed by atoms with van der Waals surface area (Å²) >= 11 is 5.19. The average Bonchev–Trinajstić information content (AvgIpc) is 3.18. The average molecular weight is 556 g/mol. The van der Waals surface area contributed by atoms with Crippen LogP contribution in [0.3, 0.4) is 0 Å². The van der Waals surface area contributed by atoms with Crippen molar-refractivity contribution < 1.29 is 13.9 Å². The first-order valence-corrected chi connectivity index (χ1v) is 13.1. The lowest BCUT2D eigenvalue weighted by atomic mass is 9.72. The number of aliphatic imine (C=N–C) groups is 1. The highest BCUT2D eigenvalue weighted by Crippen LogP contribution is 2.45. The Morgan fingerprint density at radius 3 is 2.77 bits per heavy atom. The van der Waals surface area contributed by atoms with Gasteiger partial charge >= 0.3 is 0 Å². The van der Waals surface area contributed by atoms with Crippen LogP contribution in [0.15, 0.2) is 45.9 Å². The summed E-state index contributed by atoms with van der Waals surface area (Å²) in [4.78, 5) is 5.99. The van der Waals surface area contributed by atoms with Crippen molar-refractivity contribution >= 4 is 38.5 Å². The Bertz CT molecular complexity index is 1300. The largest absolute Gasteiger partial charge is 0.493 e. The van der Waals surface area contributed by atoms with Gasteiger partial charge < -0.3 is 9.47 Å². The van der Waals surface area contributed by atoms with Gasteiger partial charge in [-0.1, -0.05) is 32.9 Å². The minimum atomic E-state index is -0.301. The van der Waals surface area contributed by atoms with E-state index >= 15 is 0 Å². The second kappa shape index (κ2) is 10.5. The van der Waals surface area contributed by atoms with E-state index in [9.17, 15) is 9.65 Å². The van der Waals surface area contributed by atoms with Crippen molar-refractivity contribution in [3.05, 3.63) is 73.8 Å². The fourth-order valence-corrected chi connectivity index (χ4v) is 6.18. The smallest absolute Gasteiger partial charge is 0.175 e. The predicted molar refractivity (Wildman–Crippen MR) is 143 cm³/mol. The Morgan fingerprint density at radius 1 is 1.29 bits per heavy atom. The number of hydrogen-bond acceptors (Lipinski definition) is 5. The number of hydrogen-bond donors (Lipinski definition) is 0. The fraction of sp³-hybridized carbons (Fsp3) is 0.357. The maximum atomic E-state index is 13.5. The SMILES string of the molecule is COc1cc(C=Nc2sc3c(c2C#N)CC[C@@H](C(C)(C)C)C3)cc(Br)c1OCc1cccc(F)c1. The Hall–Kier alpha value is -2.69. The van der Waals surface area contributed by atoms with Gasteiger partial charge in [0, 0.05) is 11.1 Å². The van der Waals surface area contributed by atoms with Crippen LogP contribution in [-0.2, 0) is 19.4 Å². The maximum Gasteiger partial charge on any atom is 0.175 e. The summed E-state index contributed by atoms with van der Waals surface area (Å²) in [6.45, 7) is 7.08. The third-order valence-corrected chi connectivity index (χ3v) is 8.19. The minimum Gasteiger partial charge on any atom is -0.493 e. The molecule has 0 fully saturated rings. The molecule has 2 aromatic carbocycles. The van der Waals surface area contributed by atoms with E-state index in [2.05, 4.69) is 42.8 Å². The third-order valence-electron chi connectivity index (χ3n) is 6.44. The van der Waals surface area contributed by atoms with E-state index < -0.39 is 0 Å². The van der Waals surface area contributed by atoms with Crippen molar-refractivity contribution in [2.45, 2.75) is 46.6 Å². The summed E-state index contributed by atoms with van der Waals surface area (Å²) in [5, 5.41) is 10.6. The highest BCUT2D eigenvalue weighted by Gasteiger charge is 2.32. The normalized spacial score (nSPS) is 15.6. The molecular formula is C28H28BrFN2O2S. The molecule has 0 amide bonds. The molecule has 1 aliphatic carbocycles. The first kappa shape index (κ1) is 25.4. The Labute approximate surface area is 218 Å². The monoisotopic (exact) mass is 554 g/mol. The topological polar surface area (TPSA) is 54.6 Å². The summed E-state index contributed by atoms with van der Waals surface area (Å²) in [5.41, 5.74) is 3.66. The number of halogens is 2. The lowest BCUT2D eigenvalue weighted by Crippen LogP contribution is -2.26. The zero-order valence-corrected chi connectivity index (χ0v) is 22.7. The molecule has 0 spiro atoms. The number of methoxy groups -OCH3 is 1. The van der Waals surface area contributed by atoms with Crippen molar-refractivity contribution in [2.75, 3.05) is 7.11 Å². The van der Waals surface area contributed by atoms with Crippen LogP contribution < -0.4 is 9.47 Å². The number of fused-ring (bicyclic) bond motifs is 1. The zero-order valence-electron chi connectivity index (χ0n) is 20.3. The van der Waals surface area contributed by atoms with E-state index in [1.54, 1.807) is 30.7 Å². The van der Waals surface area contributed by atoms with Crippen molar-refractivity contribution in [3.63, 3.8) is 0 Å². The zero-order chi connectivity index (χ0) is 25.2. The molecule has 7 heteroatoms. The predicted octanol–water partition coefficient (Wildman–Crippen LogP) is 8.01. The van der Waals surface area contributed by atoms with E-state index in [-0.39, 0.29) is 17.8 Å². The van der Waals surface area contributed by atoms with Crippen molar-refractivity contribution in [3.8, 4) is 17.6 Å². The van der Waals surface area contributed by atoms with Crippen molar-refractivity contribution in [2.24, 2.45) is 16.3 Å². The molecule has 1 aromatic heterocycles. The highest BCUT2D eigenvalue weighted by molar-refractivity contribution is 9.10. The van der Waals surface area contributed by atoms with E-state index in [1.165, 1.54) is 22.6 Å². The van der Waals surface area contributed by atoms with Gasteiger partial charge in [0.05, 0.1) is 17.1 Å². The molecular weight excluding hydrogens is 527 g/mol. The van der Waals surface area contributed by atoms with Crippen LogP contribution in [0.4, 0.5) is 9.39 Å². The van der Waals surface area contributed by atoms with Gasteiger partial charge in [-0.3, -0.25) is 0 Å². The van der Waals surface area contributed by atoms with E-state index in [4.69, 9.17) is 14.5 Å². The molecule has 1 atom stereocenters. The van der Waals surface area contributed by atoms with Gasteiger partial charge in [-0.25, -0.2) is 9.38 Å². The summed E-state index contributed by atoms with van der Waals surface area (Å²) in [6, 6.07) is 12.4. The van der Waals surface area contributed by atoms with Gasteiger partial charge in [-0.15, -0.1) is 11.3 Å². The number of rotatable bonds is 6. The van der Waals surface area contributed by atoms with Gasteiger partial charge in [0.2, 0.25) is 0 Å². The minimum absolute atomic E-state index is 0.210. The van der Waals surface area contributed by atoms with Crippen LogP contribution in [0, 0.1) is 28.5 Å². The second-order valence-electron chi connectivity index (χ2n) is 9.81. The van der Waals surface area contributed by atoms with Crippen LogP contribution in [0.2, 0.25) is 0 Å². The number of ether oxygens (including phenoxy) is 2. The molecule has 0 radical (unpaired) electrons. The summed E-state index contributed by atoms with van der Waals surface area (Å²) < 4.78 is 25.6. The summed E-state index contributed by atoms with van der Waals surface area (Å²) in [5.74, 6) is 1.38. The molecule has 0 saturated heterocycles. The lowest BCUT2D eigenvalue weighted by molar-refractivity contribution is 0.218. The van der Waals surface area contributed by atoms with Gasteiger partial charge in [0.25, 0.3) is 0 Å². The van der Waals surface area contributed by atoms with Crippen molar-refractivity contribution in [1.29, 1.82) is 5.26 Å². The molecule has 35 heavy (non-hydrogen) atoms. The van der Waals surface area contributed by atoms with E-state index in [0.717, 1.165) is 35.4 Å². The van der Waals surface area contributed by atoms with Crippen LogP contribution in [-0.4, -0.2) is 13.3 Å². The summed E-state index contributed by atoms with van der Waals surface area (Å²) in [6.07, 6.45) is 4.79. The fourth-order valence-electron chi connectivity index (χ4n) is 4.39. The first-order chi connectivity index (χ1) is 16.7. The molecule has 4 rings (SSSR count). The third kappa shape index (κ3) is 5.76. The number of nitrogens with zero attached hydrogens (tertiary/aromatic N) is 2. The van der Waals surface area contributed by atoms with E-state index in [0.29, 0.717) is 27.5 Å². The van der Waals surface area contributed by atoms with E-state index in [1.807, 2.05) is 18.2 Å². The van der Waals surface area contributed by atoms with Gasteiger partial charge in [0.1, 0.15) is 23.5 Å². The Balaban J connectivity index is 1.56. The maximum absolute atomic E-state index is 13.5. The molecule has 1 aliphatic rings. The highest BCUT2D eigenvalue weighted by atomic mass is 79.9. The van der Waals surface area contributed by atoms with Crippen LogP contribution in [0.5, 0.6) is 11.5 Å². The number of thiophene rings is 1. The van der Waals surface area contributed by atoms with Gasteiger partial charge in [0.15, 0.2) is 11.5 Å². The lowest BCUT2D eigenvalue weighted by Gasteiger charge is -2.33. The molecule has 0 aliphatic heterocycles. The second-order valence-corrected chi connectivity index (χ2v) is 11.8. The molecule has 182 valence electrons. The molecule has 1 heterocycles. The van der Waals surface area contributed by atoms with Crippen LogP contribution in [0.1, 0.15) is 54.3 Å². The molecule has 4 nitrogen and oxygen atoms in total.